The van der Waals surface area contributed by atoms with Crippen molar-refractivity contribution in [2.45, 2.75) is 32.3 Å². The predicted octanol–water partition coefficient (Wildman–Crippen LogP) is 3.44. The van der Waals surface area contributed by atoms with Gasteiger partial charge in [-0.3, -0.25) is 4.79 Å². The highest BCUT2D eigenvalue weighted by molar-refractivity contribution is 7.98. The van der Waals surface area contributed by atoms with E-state index >= 15 is 0 Å². The fraction of sp³-hybridized carbons (Fsp3) is 0.455. The molecular formula is C22H28ClN7OS. The molecule has 0 atom stereocenters. The van der Waals surface area contributed by atoms with Crippen molar-refractivity contribution >= 4 is 46.4 Å². The summed E-state index contributed by atoms with van der Waals surface area (Å²) in [6, 6.07) is 5.69. The number of hydrogen-bond acceptors (Lipinski definition) is 7. The molecule has 1 aliphatic heterocycles. The number of nitrogens with one attached hydrogen (secondary N) is 1. The fourth-order valence-electron chi connectivity index (χ4n) is 4.08. The van der Waals surface area contributed by atoms with Crippen LogP contribution in [0.1, 0.15) is 23.9 Å². The number of likely N-dealkylation sites (N-methyl/N-ethyl adjacent to an activating group) is 1. The second kappa shape index (κ2) is 9.64. The number of aryl methyl sites for hydroxylation is 2. The summed E-state index contributed by atoms with van der Waals surface area (Å²) in [6.45, 7) is 10.9. The molecular weight excluding hydrogens is 446 g/mol. The van der Waals surface area contributed by atoms with Crippen molar-refractivity contribution in [3.63, 3.8) is 0 Å². The van der Waals surface area contributed by atoms with Gasteiger partial charge in [-0.05, 0) is 44.8 Å². The third-order valence-electron chi connectivity index (χ3n) is 5.94. The smallest absolute Gasteiger partial charge is 0.253 e. The molecule has 1 amide bonds. The number of piperazine rings is 1. The Bertz CT molecular complexity index is 1140. The summed E-state index contributed by atoms with van der Waals surface area (Å²) in [6.07, 6.45) is 2.13. The number of carbonyl (C=O) groups excluding carboxylic acids is 1. The van der Waals surface area contributed by atoms with Crippen LogP contribution in [-0.4, -0.2) is 69.4 Å². The standard InChI is InChI=1S/C22H28ClN7OS/c1-5-28-8-10-29(11-9-28)19-7-6-16(23)12-18(19)25-20(31)13-17-14(2)24-21-26-22(32-4)27-30(21)15(17)3/h6-7,12H,5,8-11,13H2,1-4H3,(H,25,31). The molecule has 10 heteroatoms. The van der Waals surface area contributed by atoms with Gasteiger partial charge in [-0.25, -0.2) is 9.50 Å². The van der Waals surface area contributed by atoms with Crippen LogP contribution in [0.3, 0.4) is 0 Å². The number of aromatic nitrogens is 4. The molecule has 0 bridgehead atoms. The number of amides is 1. The van der Waals surface area contributed by atoms with E-state index in [-0.39, 0.29) is 12.3 Å². The van der Waals surface area contributed by atoms with Crippen LogP contribution in [0.25, 0.3) is 5.78 Å². The molecule has 4 rings (SSSR count). The summed E-state index contributed by atoms with van der Waals surface area (Å²) in [4.78, 5) is 26.8. The number of anilines is 2. The number of carbonyl (C=O) groups is 1. The summed E-state index contributed by atoms with van der Waals surface area (Å²) in [5.74, 6) is 0.440. The number of fused-ring (bicyclic) bond motifs is 1. The van der Waals surface area contributed by atoms with Crippen LogP contribution in [0.15, 0.2) is 23.4 Å². The maximum Gasteiger partial charge on any atom is 0.253 e. The minimum Gasteiger partial charge on any atom is -0.367 e. The molecule has 170 valence electrons. The minimum atomic E-state index is -0.113. The Kier molecular flexibility index (Phi) is 6.88. The van der Waals surface area contributed by atoms with E-state index in [0.29, 0.717) is 16.0 Å². The first-order chi connectivity index (χ1) is 15.4. The van der Waals surface area contributed by atoms with E-state index in [9.17, 15) is 4.79 Å². The van der Waals surface area contributed by atoms with Crippen LogP contribution in [0, 0.1) is 13.8 Å². The van der Waals surface area contributed by atoms with Crippen molar-refractivity contribution in [1.29, 1.82) is 0 Å². The van der Waals surface area contributed by atoms with Crippen LogP contribution in [0.5, 0.6) is 0 Å². The topological polar surface area (TPSA) is 78.7 Å². The van der Waals surface area contributed by atoms with E-state index in [1.165, 1.54) is 11.8 Å². The summed E-state index contributed by atoms with van der Waals surface area (Å²) in [7, 11) is 0. The molecule has 32 heavy (non-hydrogen) atoms. The van der Waals surface area contributed by atoms with Gasteiger partial charge in [-0.2, -0.15) is 4.98 Å². The molecule has 0 aliphatic carbocycles. The fourth-order valence-corrected chi connectivity index (χ4v) is 4.58. The lowest BCUT2D eigenvalue weighted by atomic mass is 10.1. The van der Waals surface area contributed by atoms with Crippen LogP contribution in [0.2, 0.25) is 5.02 Å². The molecule has 0 radical (unpaired) electrons. The monoisotopic (exact) mass is 473 g/mol. The first kappa shape index (κ1) is 22.8. The number of halogens is 1. The molecule has 0 spiro atoms. The van der Waals surface area contributed by atoms with E-state index in [2.05, 4.69) is 37.1 Å². The normalized spacial score (nSPS) is 14.8. The van der Waals surface area contributed by atoms with Gasteiger partial charge in [0.2, 0.25) is 11.1 Å². The van der Waals surface area contributed by atoms with Crippen molar-refractivity contribution in [3.05, 3.63) is 40.2 Å². The molecule has 1 saturated heterocycles. The SMILES string of the molecule is CCN1CCN(c2ccc(Cl)cc2NC(=O)Cc2c(C)nc3nc(SC)nn3c2C)CC1. The van der Waals surface area contributed by atoms with Crippen LogP contribution < -0.4 is 10.2 Å². The molecule has 0 saturated carbocycles. The maximum absolute atomic E-state index is 13.1. The molecule has 1 aliphatic rings. The first-order valence-corrected chi connectivity index (χ1v) is 12.3. The number of benzene rings is 1. The Hall–Kier alpha value is -2.36. The molecule has 2 aromatic heterocycles. The Morgan fingerprint density at radius 3 is 2.62 bits per heavy atom. The first-order valence-electron chi connectivity index (χ1n) is 10.7. The molecule has 1 N–H and O–H groups in total. The largest absolute Gasteiger partial charge is 0.367 e. The number of thioether (sulfide) groups is 1. The van der Waals surface area contributed by atoms with Crippen molar-refractivity contribution in [2.75, 3.05) is 49.2 Å². The second-order valence-electron chi connectivity index (χ2n) is 7.88. The second-order valence-corrected chi connectivity index (χ2v) is 9.09. The summed E-state index contributed by atoms with van der Waals surface area (Å²) in [5.41, 5.74) is 4.25. The van der Waals surface area contributed by atoms with Gasteiger partial charge in [0.15, 0.2) is 0 Å². The van der Waals surface area contributed by atoms with E-state index < -0.39 is 0 Å². The highest BCUT2D eigenvalue weighted by Gasteiger charge is 2.21. The van der Waals surface area contributed by atoms with Gasteiger partial charge >= 0.3 is 0 Å². The zero-order valence-electron chi connectivity index (χ0n) is 18.9. The Balaban J connectivity index is 1.55. The lowest BCUT2D eigenvalue weighted by Crippen LogP contribution is -2.46. The minimum absolute atomic E-state index is 0.113. The lowest BCUT2D eigenvalue weighted by Gasteiger charge is -2.36. The third kappa shape index (κ3) is 4.69. The van der Waals surface area contributed by atoms with Gasteiger partial charge in [0.05, 0.1) is 17.8 Å². The number of nitrogens with zero attached hydrogens (tertiary/aromatic N) is 6. The summed E-state index contributed by atoms with van der Waals surface area (Å²) in [5, 5.41) is 8.81. The highest BCUT2D eigenvalue weighted by atomic mass is 35.5. The van der Waals surface area contributed by atoms with Crippen molar-refractivity contribution in [1.82, 2.24) is 24.5 Å². The zero-order chi connectivity index (χ0) is 22.8. The summed E-state index contributed by atoms with van der Waals surface area (Å²) >= 11 is 7.73. The molecule has 0 unspecified atom stereocenters. The van der Waals surface area contributed by atoms with E-state index in [4.69, 9.17) is 11.6 Å². The van der Waals surface area contributed by atoms with Gasteiger partial charge in [-0.15, -0.1) is 5.10 Å². The van der Waals surface area contributed by atoms with Crippen LogP contribution in [-0.2, 0) is 11.2 Å². The molecule has 1 aromatic carbocycles. The van der Waals surface area contributed by atoms with Crippen molar-refractivity contribution in [3.8, 4) is 0 Å². The van der Waals surface area contributed by atoms with Gasteiger partial charge < -0.3 is 15.1 Å². The van der Waals surface area contributed by atoms with Crippen molar-refractivity contribution in [2.24, 2.45) is 0 Å². The van der Waals surface area contributed by atoms with Gasteiger partial charge in [0.25, 0.3) is 5.78 Å². The maximum atomic E-state index is 13.1. The molecule has 3 aromatic rings. The van der Waals surface area contributed by atoms with Crippen LogP contribution in [0.4, 0.5) is 11.4 Å². The Labute approximate surface area is 197 Å². The zero-order valence-corrected chi connectivity index (χ0v) is 20.4. The third-order valence-corrected chi connectivity index (χ3v) is 6.72. The quantitative estimate of drug-likeness (QED) is 0.549. The number of hydrogen-bond donors (Lipinski definition) is 1. The van der Waals surface area contributed by atoms with Gasteiger partial charge in [0, 0.05) is 48.2 Å². The van der Waals surface area contributed by atoms with E-state index in [1.54, 1.807) is 4.52 Å². The number of rotatable bonds is 6. The van der Waals surface area contributed by atoms with Crippen LogP contribution >= 0.6 is 23.4 Å². The Morgan fingerprint density at radius 1 is 1.19 bits per heavy atom. The lowest BCUT2D eigenvalue weighted by molar-refractivity contribution is -0.115. The van der Waals surface area contributed by atoms with Gasteiger partial charge in [-0.1, -0.05) is 30.3 Å². The molecule has 1 fully saturated rings. The Morgan fingerprint density at radius 2 is 1.94 bits per heavy atom. The molecule has 3 heterocycles. The van der Waals surface area contributed by atoms with Gasteiger partial charge in [0.1, 0.15) is 0 Å². The summed E-state index contributed by atoms with van der Waals surface area (Å²) < 4.78 is 1.71. The predicted molar refractivity (Wildman–Crippen MR) is 130 cm³/mol. The van der Waals surface area contributed by atoms with Crippen molar-refractivity contribution < 1.29 is 4.79 Å². The average molecular weight is 474 g/mol. The van der Waals surface area contributed by atoms with E-state index in [1.807, 2.05) is 38.3 Å². The highest BCUT2D eigenvalue weighted by Crippen LogP contribution is 2.30. The molecule has 8 nitrogen and oxygen atoms in total. The average Bonchev–Trinajstić information content (AvgIpc) is 3.20. The van der Waals surface area contributed by atoms with E-state index in [0.717, 1.165) is 61.0 Å².